The van der Waals surface area contributed by atoms with Gasteiger partial charge >= 0.3 is 0 Å². The molecule has 0 fully saturated rings. The van der Waals surface area contributed by atoms with E-state index < -0.39 is 0 Å². The highest BCUT2D eigenvalue weighted by molar-refractivity contribution is 5.50. The maximum absolute atomic E-state index is 5.02. The second-order valence-corrected chi connectivity index (χ2v) is 2.27. The third-order valence-corrected chi connectivity index (χ3v) is 1.47. The van der Waals surface area contributed by atoms with Gasteiger partial charge in [-0.3, -0.25) is 0 Å². The molecule has 0 aliphatic carbocycles. The Labute approximate surface area is 94.8 Å². The highest BCUT2D eigenvalue weighted by atomic mass is 16.5. The number of benzene rings is 1. The van der Waals surface area contributed by atoms with Crippen LogP contribution in [0, 0.1) is 0 Å². The summed E-state index contributed by atoms with van der Waals surface area (Å²) in [7, 11) is 1.67. The van der Waals surface area contributed by atoms with Crippen LogP contribution in [0.2, 0.25) is 0 Å². The van der Waals surface area contributed by atoms with E-state index in [-0.39, 0.29) is 0 Å². The molecular weight excluding hydrogens is 184 g/mol. The standard InChI is InChI=1S/C10H12O.2C2H6/c1-3-4-9-5-7-10(11-2)8-6-9;2*1-2/h3-8H,1-2H3;2*1-2H3/b4-3+;;. The number of ether oxygens (including phenoxy) is 1. The zero-order valence-electron chi connectivity index (χ0n) is 10.9. The topological polar surface area (TPSA) is 9.23 Å². The van der Waals surface area contributed by atoms with E-state index in [1.54, 1.807) is 7.11 Å². The second-order valence-electron chi connectivity index (χ2n) is 2.27. The molecule has 1 nitrogen and oxygen atoms in total. The molecule has 0 atom stereocenters. The highest BCUT2D eigenvalue weighted by Crippen LogP contribution is 2.11. The molecule has 0 spiro atoms. The predicted octanol–water partition coefficient (Wildman–Crippen LogP) is 4.78. The van der Waals surface area contributed by atoms with Gasteiger partial charge in [0.1, 0.15) is 5.75 Å². The zero-order valence-corrected chi connectivity index (χ0v) is 10.9. The molecule has 0 bridgehead atoms. The van der Waals surface area contributed by atoms with Gasteiger partial charge in [-0.1, -0.05) is 52.0 Å². The summed E-state index contributed by atoms with van der Waals surface area (Å²) in [6.07, 6.45) is 4.07. The molecular formula is C14H24O. The summed E-state index contributed by atoms with van der Waals surface area (Å²) < 4.78 is 5.02. The molecule has 0 amide bonds. The van der Waals surface area contributed by atoms with Gasteiger partial charge in [-0.15, -0.1) is 0 Å². The first-order chi connectivity index (χ1) is 7.36. The average Bonchev–Trinajstić information content (AvgIpc) is 2.36. The van der Waals surface area contributed by atoms with Crippen molar-refractivity contribution >= 4 is 6.08 Å². The van der Waals surface area contributed by atoms with E-state index in [2.05, 4.69) is 6.08 Å². The van der Waals surface area contributed by atoms with Crippen LogP contribution < -0.4 is 4.74 Å². The Morgan fingerprint density at radius 3 is 1.73 bits per heavy atom. The minimum absolute atomic E-state index is 0.901. The summed E-state index contributed by atoms with van der Waals surface area (Å²) >= 11 is 0. The lowest BCUT2D eigenvalue weighted by Crippen LogP contribution is -1.80. The van der Waals surface area contributed by atoms with Crippen molar-refractivity contribution in [2.75, 3.05) is 7.11 Å². The monoisotopic (exact) mass is 208 g/mol. The molecule has 0 radical (unpaired) electrons. The van der Waals surface area contributed by atoms with Crippen molar-refractivity contribution in [1.29, 1.82) is 0 Å². The van der Waals surface area contributed by atoms with E-state index in [1.807, 2.05) is 65.0 Å². The molecule has 1 heteroatoms. The lowest BCUT2D eigenvalue weighted by Gasteiger charge is -1.98. The van der Waals surface area contributed by atoms with Gasteiger partial charge in [-0.2, -0.15) is 0 Å². The lowest BCUT2D eigenvalue weighted by atomic mass is 10.2. The largest absolute Gasteiger partial charge is 0.497 e. The van der Waals surface area contributed by atoms with Crippen LogP contribution >= 0.6 is 0 Å². The van der Waals surface area contributed by atoms with Crippen LogP contribution in [-0.2, 0) is 0 Å². The summed E-state index contributed by atoms with van der Waals surface area (Å²) in [6, 6.07) is 7.96. The molecule has 1 aromatic carbocycles. The van der Waals surface area contributed by atoms with Crippen LogP contribution in [0.5, 0.6) is 5.75 Å². The number of hydrogen-bond donors (Lipinski definition) is 0. The van der Waals surface area contributed by atoms with Gasteiger partial charge in [0.25, 0.3) is 0 Å². The van der Waals surface area contributed by atoms with Gasteiger partial charge in [0, 0.05) is 0 Å². The van der Waals surface area contributed by atoms with Crippen molar-refractivity contribution < 1.29 is 4.74 Å². The molecule has 0 aliphatic heterocycles. The van der Waals surface area contributed by atoms with Crippen LogP contribution in [-0.4, -0.2) is 7.11 Å². The highest BCUT2D eigenvalue weighted by Gasteiger charge is 1.87. The van der Waals surface area contributed by atoms with E-state index in [9.17, 15) is 0 Å². The molecule has 0 N–H and O–H groups in total. The predicted molar refractivity (Wildman–Crippen MR) is 70.4 cm³/mol. The van der Waals surface area contributed by atoms with Gasteiger partial charge in [0.15, 0.2) is 0 Å². The SMILES string of the molecule is C/C=C/c1ccc(OC)cc1.CC.CC. The second kappa shape index (κ2) is 12.8. The fraction of sp³-hybridized carbons (Fsp3) is 0.429. The minimum Gasteiger partial charge on any atom is -0.497 e. The first kappa shape index (κ1) is 16.2. The Hall–Kier alpha value is -1.24. The smallest absolute Gasteiger partial charge is 0.118 e. The van der Waals surface area contributed by atoms with Crippen molar-refractivity contribution in [2.24, 2.45) is 0 Å². The Balaban J connectivity index is 0. The van der Waals surface area contributed by atoms with Crippen molar-refractivity contribution in [1.82, 2.24) is 0 Å². The summed E-state index contributed by atoms with van der Waals surface area (Å²) in [5, 5.41) is 0. The fourth-order valence-electron chi connectivity index (χ4n) is 0.907. The Morgan fingerprint density at radius 2 is 1.40 bits per heavy atom. The van der Waals surface area contributed by atoms with Crippen molar-refractivity contribution in [3.8, 4) is 5.75 Å². The third-order valence-electron chi connectivity index (χ3n) is 1.47. The Bertz CT molecular complexity index is 234. The van der Waals surface area contributed by atoms with Crippen molar-refractivity contribution in [2.45, 2.75) is 34.6 Å². The molecule has 0 aromatic heterocycles. The van der Waals surface area contributed by atoms with E-state index in [1.165, 1.54) is 5.56 Å². The van der Waals surface area contributed by atoms with Gasteiger partial charge in [-0.25, -0.2) is 0 Å². The Morgan fingerprint density at radius 1 is 0.933 bits per heavy atom. The van der Waals surface area contributed by atoms with Gasteiger partial charge in [0.05, 0.1) is 7.11 Å². The maximum atomic E-state index is 5.02. The molecule has 86 valence electrons. The fourth-order valence-corrected chi connectivity index (χ4v) is 0.907. The summed E-state index contributed by atoms with van der Waals surface area (Å²) in [6.45, 7) is 10.0. The molecule has 1 rings (SSSR count). The van der Waals surface area contributed by atoms with Crippen LogP contribution in [0.15, 0.2) is 30.3 Å². The van der Waals surface area contributed by atoms with Crippen molar-refractivity contribution in [3.05, 3.63) is 35.9 Å². The van der Waals surface area contributed by atoms with Gasteiger partial charge in [-0.05, 0) is 24.6 Å². The molecule has 1 aromatic rings. The first-order valence-corrected chi connectivity index (χ1v) is 5.63. The normalized spacial score (nSPS) is 8.40. The van der Waals surface area contributed by atoms with E-state index in [0.29, 0.717) is 0 Å². The van der Waals surface area contributed by atoms with Crippen molar-refractivity contribution in [3.63, 3.8) is 0 Å². The third kappa shape index (κ3) is 7.80. The summed E-state index contributed by atoms with van der Waals surface area (Å²) in [4.78, 5) is 0. The van der Waals surface area contributed by atoms with Crippen LogP contribution in [0.3, 0.4) is 0 Å². The molecule has 0 aliphatic rings. The van der Waals surface area contributed by atoms with E-state index in [0.717, 1.165) is 5.75 Å². The van der Waals surface area contributed by atoms with Crippen LogP contribution in [0.4, 0.5) is 0 Å². The molecule has 15 heavy (non-hydrogen) atoms. The molecule has 0 saturated carbocycles. The zero-order chi connectivity index (χ0) is 12.1. The first-order valence-electron chi connectivity index (χ1n) is 5.63. The summed E-state index contributed by atoms with van der Waals surface area (Å²) in [5.74, 6) is 0.901. The number of methoxy groups -OCH3 is 1. The van der Waals surface area contributed by atoms with Gasteiger partial charge < -0.3 is 4.74 Å². The van der Waals surface area contributed by atoms with E-state index >= 15 is 0 Å². The average molecular weight is 208 g/mol. The molecule has 0 unspecified atom stereocenters. The minimum atomic E-state index is 0.901. The van der Waals surface area contributed by atoms with Crippen LogP contribution in [0.1, 0.15) is 40.2 Å². The Kier molecular flexibility index (Phi) is 13.8. The maximum Gasteiger partial charge on any atom is 0.118 e. The van der Waals surface area contributed by atoms with Gasteiger partial charge in [0.2, 0.25) is 0 Å². The quantitative estimate of drug-likeness (QED) is 0.679. The summed E-state index contributed by atoms with van der Waals surface area (Å²) in [5.41, 5.74) is 1.20. The number of allylic oxidation sites excluding steroid dienone is 1. The number of rotatable bonds is 2. The van der Waals surface area contributed by atoms with Crippen LogP contribution in [0.25, 0.3) is 6.08 Å². The van der Waals surface area contributed by atoms with E-state index in [4.69, 9.17) is 4.74 Å². The molecule has 0 saturated heterocycles. The molecule has 0 heterocycles. The number of hydrogen-bond acceptors (Lipinski definition) is 1. The lowest BCUT2D eigenvalue weighted by molar-refractivity contribution is 0.415.